The van der Waals surface area contributed by atoms with E-state index in [0.29, 0.717) is 11.7 Å². The van der Waals surface area contributed by atoms with Gasteiger partial charge in [0.2, 0.25) is 5.91 Å². The van der Waals surface area contributed by atoms with Crippen LogP contribution in [-0.4, -0.2) is 54.7 Å². The summed E-state index contributed by atoms with van der Waals surface area (Å²) < 4.78 is 0. The minimum atomic E-state index is 0.190. The number of fused-ring (bicyclic) bond motifs is 1. The van der Waals surface area contributed by atoms with E-state index < -0.39 is 0 Å². The number of carbonyl (C=O) groups excluding carboxylic acids is 1. The first-order chi connectivity index (χ1) is 15.7. The van der Waals surface area contributed by atoms with Crippen LogP contribution in [0.5, 0.6) is 5.75 Å². The Bertz CT molecular complexity index is 932. The van der Waals surface area contributed by atoms with Crippen molar-refractivity contribution in [3.63, 3.8) is 0 Å². The number of phenolic OH excluding ortho intramolecular Hbond substituents is 1. The monoisotopic (exact) mass is 433 g/mol. The molecule has 0 spiro atoms. The number of aromatic hydroxyl groups is 1. The Balaban J connectivity index is 1.29. The summed E-state index contributed by atoms with van der Waals surface area (Å²) in [5.41, 5.74) is 3.39. The molecule has 3 aliphatic rings. The van der Waals surface area contributed by atoms with Gasteiger partial charge in [0.05, 0.1) is 5.69 Å². The number of aryl methyl sites for hydroxylation is 1. The summed E-state index contributed by atoms with van der Waals surface area (Å²) in [6.45, 7) is 4.65. The molecule has 32 heavy (non-hydrogen) atoms. The fourth-order valence-corrected chi connectivity index (χ4v) is 5.82. The fourth-order valence-electron chi connectivity index (χ4n) is 5.82. The number of nitrogens with zero attached hydrogens (tertiary/aromatic N) is 3. The summed E-state index contributed by atoms with van der Waals surface area (Å²) in [5.74, 6) is 0.902. The molecule has 1 saturated carbocycles. The fraction of sp³-hybridized carbons (Fsp3) is 0.519. The van der Waals surface area contributed by atoms with Gasteiger partial charge in [0.15, 0.2) is 0 Å². The van der Waals surface area contributed by atoms with E-state index in [4.69, 9.17) is 0 Å². The molecule has 2 aliphatic heterocycles. The molecule has 1 amide bonds. The van der Waals surface area contributed by atoms with Gasteiger partial charge in [0, 0.05) is 50.4 Å². The second-order valence-corrected chi connectivity index (χ2v) is 9.64. The van der Waals surface area contributed by atoms with Gasteiger partial charge in [0.1, 0.15) is 5.75 Å². The van der Waals surface area contributed by atoms with Crippen molar-refractivity contribution in [2.45, 2.75) is 51.0 Å². The van der Waals surface area contributed by atoms with Gasteiger partial charge in [-0.25, -0.2) is 0 Å². The molecular formula is C27H35N3O2. The first kappa shape index (κ1) is 21.3. The van der Waals surface area contributed by atoms with Crippen LogP contribution in [0.4, 0.5) is 11.4 Å². The molecule has 2 aromatic rings. The van der Waals surface area contributed by atoms with Crippen molar-refractivity contribution >= 4 is 17.3 Å². The summed E-state index contributed by atoms with van der Waals surface area (Å²) in [4.78, 5) is 20.7. The lowest BCUT2D eigenvalue weighted by Crippen LogP contribution is -2.55. The highest BCUT2D eigenvalue weighted by Crippen LogP contribution is 2.35. The Kier molecular flexibility index (Phi) is 6.35. The van der Waals surface area contributed by atoms with Crippen molar-refractivity contribution in [1.29, 1.82) is 0 Å². The normalized spacial score (nSPS) is 22.6. The first-order valence-corrected chi connectivity index (χ1v) is 12.4. The zero-order valence-electron chi connectivity index (χ0n) is 19.0. The minimum Gasteiger partial charge on any atom is -0.506 e. The van der Waals surface area contributed by atoms with Crippen LogP contribution in [0.2, 0.25) is 0 Å². The van der Waals surface area contributed by atoms with Gasteiger partial charge in [-0.3, -0.25) is 9.69 Å². The van der Waals surface area contributed by atoms with Crippen molar-refractivity contribution in [2.24, 2.45) is 5.92 Å². The molecule has 0 bridgehead atoms. The van der Waals surface area contributed by atoms with Gasteiger partial charge >= 0.3 is 0 Å². The Morgan fingerprint density at radius 2 is 1.53 bits per heavy atom. The summed E-state index contributed by atoms with van der Waals surface area (Å²) in [7, 11) is 0. The largest absolute Gasteiger partial charge is 0.506 e. The van der Waals surface area contributed by atoms with Crippen LogP contribution in [0.1, 0.15) is 44.1 Å². The maximum atomic E-state index is 13.7. The quantitative estimate of drug-likeness (QED) is 0.774. The van der Waals surface area contributed by atoms with Gasteiger partial charge in [-0.1, -0.05) is 49.6 Å². The van der Waals surface area contributed by atoms with Crippen molar-refractivity contribution in [1.82, 2.24) is 4.90 Å². The average Bonchev–Trinajstić information content (AvgIpc) is 2.85. The molecule has 0 aromatic heterocycles. The molecule has 5 nitrogen and oxygen atoms in total. The molecule has 2 heterocycles. The summed E-state index contributed by atoms with van der Waals surface area (Å²) >= 11 is 0. The van der Waals surface area contributed by atoms with Gasteiger partial charge in [-0.2, -0.15) is 0 Å². The molecule has 1 saturated heterocycles. The summed E-state index contributed by atoms with van der Waals surface area (Å²) in [6, 6.07) is 16.4. The third kappa shape index (κ3) is 4.36. The minimum absolute atomic E-state index is 0.190. The first-order valence-electron chi connectivity index (χ1n) is 12.4. The Morgan fingerprint density at radius 1 is 0.844 bits per heavy atom. The number of hydrogen-bond donors (Lipinski definition) is 1. The van der Waals surface area contributed by atoms with Crippen LogP contribution in [-0.2, 0) is 11.2 Å². The molecule has 5 heteroatoms. The lowest BCUT2D eigenvalue weighted by molar-refractivity contribution is -0.124. The topological polar surface area (TPSA) is 47.0 Å². The van der Waals surface area contributed by atoms with E-state index in [9.17, 15) is 9.90 Å². The molecule has 2 aromatic carbocycles. The molecule has 5 rings (SSSR count). The van der Waals surface area contributed by atoms with E-state index in [-0.39, 0.29) is 12.0 Å². The predicted molar refractivity (Wildman–Crippen MR) is 129 cm³/mol. The van der Waals surface area contributed by atoms with Gasteiger partial charge in [-0.05, 0) is 49.4 Å². The second-order valence-electron chi connectivity index (χ2n) is 9.64. The zero-order chi connectivity index (χ0) is 21.9. The van der Waals surface area contributed by atoms with Gasteiger partial charge in [-0.15, -0.1) is 0 Å². The Morgan fingerprint density at radius 3 is 2.28 bits per heavy atom. The molecule has 1 atom stereocenters. The second kappa shape index (κ2) is 9.53. The molecular weight excluding hydrogens is 398 g/mol. The average molecular weight is 434 g/mol. The highest BCUT2D eigenvalue weighted by molar-refractivity contribution is 5.97. The van der Waals surface area contributed by atoms with E-state index in [2.05, 4.69) is 39.0 Å². The number of amides is 1. The van der Waals surface area contributed by atoms with E-state index >= 15 is 0 Å². The third-order valence-corrected chi connectivity index (χ3v) is 7.62. The maximum Gasteiger partial charge on any atom is 0.230 e. The van der Waals surface area contributed by atoms with Crippen molar-refractivity contribution in [3.8, 4) is 5.75 Å². The zero-order valence-corrected chi connectivity index (χ0v) is 19.0. The van der Waals surface area contributed by atoms with Crippen molar-refractivity contribution in [2.75, 3.05) is 42.5 Å². The van der Waals surface area contributed by atoms with Crippen LogP contribution in [0, 0.1) is 5.92 Å². The van der Waals surface area contributed by atoms with Gasteiger partial charge < -0.3 is 14.9 Å². The lowest BCUT2D eigenvalue weighted by Gasteiger charge is -2.43. The summed E-state index contributed by atoms with van der Waals surface area (Å²) in [6.07, 6.45) is 7.82. The molecule has 2 fully saturated rings. The van der Waals surface area contributed by atoms with E-state index in [1.54, 1.807) is 6.07 Å². The van der Waals surface area contributed by atoms with Crippen molar-refractivity contribution in [3.05, 3.63) is 54.1 Å². The molecule has 170 valence electrons. The highest BCUT2D eigenvalue weighted by atomic mass is 16.3. The number of benzene rings is 2. The predicted octanol–water partition coefficient (Wildman–Crippen LogP) is 4.44. The number of hydrogen-bond acceptors (Lipinski definition) is 4. The van der Waals surface area contributed by atoms with Crippen molar-refractivity contribution < 1.29 is 9.90 Å². The third-order valence-electron chi connectivity index (χ3n) is 7.62. The van der Waals surface area contributed by atoms with Crippen LogP contribution >= 0.6 is 0 Å². The smallest absolute Gasteiger partial charge is 0.230 e. The lowest BCUT2D eigenvalue weighted by atomic mass is 9.86. The number of carbonyl (C=O) groups is 1. The SMILES string of the molecule is O=C(C1CCCCC1)N1c2ccccc2CCC1CN1CCN(c2ccccc2O)CC1. The molecule has 0 radical (unpaired) electrons. The number of phenols is 1. The van der Waals surface area contributed by atoms with Crippen LogP contribution in [0.3, 0.4) is 0 Å². The summed E-state index contributed by atoms with van der Waals surface area (Å²) in [5, 5.41) is 10.2. The standard InChI is InChI=1S/C27H35N3O2/c31-26-13-7-6-12-25(26)29-18-16-28(17-19-29)20-23-15-14-21-8-4-5-11-24(21)30(23)27(32)22-9-2-1-3-10-22/h4-8,11-13,22-23,31H,1-3,9-10,14-20H2. The van der Waals surface area contributed by atoms with Crippen LogP contribution in [0.15, 0.2) is 48.5 Å². The number of rotatable bonds is 4. The van der Waals surface area contributed by atoms with Gasteiger partial charge in [0.25, 0.3) is 0 Å². The van der Waals surface area contributed by atoms with E-state index in [0.717, 1.165) is 69.8 Å². The maximum absolute atomic E-state index is 13.7. The van der Waals surface area contributed by atoms with E-state index in [1.807, 2.05) is 18.2 Å². The Labute approximate surface area is 191 Å². The van der Waals surface area contributed by atoms with Crippen LogP contribution < -0.4 is 9.80 Å². The number of piperazine rings is 1. The number of para-hydroxylation sites is 3. The molecule has 1 aliphatic carbocycles. The Hall–Kier alpha value is -2.53. The molecule has 1 unspecified atom stereocenters. The highest BCUT2D eigenvalue weighted by Gasteiger charge is 2.36. The van der Waals surface area contributed by atoms with E-state index in [1.165, 1.54) is 24.8 Å². The van der Waals surface area contributed by atoms with Crippen LogP contribution in [0.25, 0.3) is 0 Å². The molecule has 1 N–H and O–H groups in total. The number of anilines is 2.